The van der Waals surface area contributed by atoms with Crippen LogP contribution in [-0.4, -0.2) is 49.5 Å². The van der Waals surface area contributed by atoms with Gasteiger partial charge >= 0.3 is 0 Å². The molecule has 0 N–H and O–H groups in total. The van der Waals surface area contributed by atoms with Crippen LogP contribution in [0.2, 0.25) is 0 Å². The minimum absolute atomic E-state index is 0.0642. The molecule has 1 unspecified atom stereocenters. The summed E-state index contributed by atoms with van der Waals surface area (Å²) in [6.45, 7) is 8.72. The molecule has 4 aromatic carbocycles. The Kier molecular flexibility index (Phi) is 10.0. The third-order valence-corrected chi connectivity index (χ3v) is 12.8. The van der Waals surface area contributed by atoms with Gasteiger partial charge in [-0.05, 0) is 58.6 Å². The molecule has 0 amide bonds. The zero-order valence-electron chi connectivity index (χ0n) is 30.8. The molecular weight excluding hydrogens is 652 g/mol. The highest BCUT2D eigenvalue weighted by Gasteiger charge is 2.76. The third kappa shape index (κ3) is 6.50. The Morgan fingerprint density at radius 2 is 0.942 bits per heavy atom. The van der Waals surface area contributed by atoms with Gasteiger partial charge < -0.3 is 33.2 Å². The summed E-state index contributed by atoms with van der Waals surface area (Å²) in [4.78, 5) is 0. The van der Waals surface area contributed by atoms with Crippen LogP contribution in [0.4, 0.5) is 0 Å². The van der Waals surface area contributed by atoms with E-state index in [1.54, 1.807) is 7.11 Å². The molecule has 1 heterocycles. The molecule has 0 radical (unpaired) electrons. The molecule has 7 nitrogen and oxygen atoms in total. The molecule has 274 valence electrons. The van der Waals surface area contributed by atoms with Crippen molar-refractivity contribution in [3.63, 3.8) is 0 Å². The average Bonchev–Trinajstić information content (AvgIpc) is 3.72. The predicted molar refractivity (Wildman–Crippen MR) is 198 cm³/mol. The molecule has 4 aromatic rings. The van der Waals surface area contributed by atoms with E-state index in [1.165, 1.54) is 6.42 Å². The van der Waals surface area contributed by atoms with Crippen molar-refractivity contribution < 1.29 is 33.2 Å². The van der Waals surface area contributed by atoms with E-state index >= 15 is 0 Å². The van der Waals surface area contributed by atoms with Crippen LogP contribution in [0.5, 0.6) is 5.75 Å². The molecule has 1 spiro atoms. The van der Waals surface area contributed by atoms with Gasteiger partial charge in [-0.25, -0.2) is 0 Å². The van der Waals surface area contributed by atoms with Crippen molar-refractivity contribution in [3.8, 4) is 5.75 Å². The molecule has 3 aliphatic carbocycles. The van der Waals surface area contributed by atoms with Gasteiger partial charge in [0.05, 0.1) is 33.5 Å². The highest BCUT2D eigenvalue weighted by Crippen LogP contribution is 2.73. The highest BCUT2D eigenvalue weighted by molar-refractivity contribution is 5.27. The molecule has 8 rings (SSSR count). The molecule has 3 saturated carbocycles. The van der Waals surface area contributed by atoms with E-state index in [0.29, 0.717) is 32.3 Å². The standard InChI is InChI=1S/C45H52O7/c1-43(2)35-24-25-44(43,3)45(26-35)51-41-39(49-28-32-16-10-6-11-17-32)37(47-27-31-14-8-5-9-15-31)38(48-30-34-20-22-36(46-4)23-21-34)40(42(41)52-45)50-29-33-18-12-7-13-19-33/h5-23,35,37-42H,24-30H2,1-4H3/t35-,37+,38+,39-,40+,41+,42+,44-,45?/m1/s1. The van der Waals surface area contributed by atoms with E-state index < -0.39 is 42.4 Å². The summed E-state index contributed by atoms with van der Waals surface area (Å²) >= 11 is 0. The monoisotopic (exact) mass is 704 g/mol. The van der Waals surface area contributed by atoms with Gasteiger partial charge in [-0.1, -0.05) is 124 Å². The van der Waals surface area contributed by atoms with Gasteiger partial charge in [0.1, 0.15) is 42.4 Å². The van der Waals surface area contributed by atoms with E-state index in [9.17, 15) is 0 Å². The van der Waals surface area contributed by atoms with Crippen LogP contribution >= 0.6 is 0 Å². The van der Waals surface area contributed by atoms with E-state index in [4.69, 9.17) is 33.2 Å². The first-order valence-electron chi connectivity index (χ1n) is 18.9. The molecular formula is C45H52O7. The van der Waals surface area contributed by atoms with Gasteiger partial charge in [0.15, 0.2) is 5.79 Å². The Hall–Kier alpha value is -3.56. The zero-order valence-corrected chi connectivity index (χ0v) is 30.8. The minimum atomic E-state index is -0.758. The first kappa shape index (κ1) is 35.5. The SMILES string of the molecule is COc1ccc(CO[C@H]2[C@H](OCc3ccccc3)[C@@H](OCc3ccccc3)[C@@H]3OC4(C[C@H]5CC[C@]4(C)C5(C)C)O[C@H]3[C@H]2OCc2ccccc2)cc1. The van der Waals surface area contributed by atoms with Gasteiger partial charge in [0, 0.05) is 11.8 Å². The van der Waals surface area contributed by atoms with Crippen LogP contribution in [-0.2, 0) is 54.8 Å². The van der Waals surface area contributed by atoms with Crippen molar-refractivity contribution in [1.29, 1.82) is 0 Å². The predicted octanol–water partition coefficient (Wildman–Crippen LogP) is 8.68. The van der Waals surface area contributed by atoms with Crippen molar-refractivity contribution in [2.75, 3.05) is 7.11 Å². The third-order valence-electron chi connectivity index (χ3n) is 12.8. The molecule has 2 bridgehead atoms. The van der Waals surface area contributed by atoms with E-state index in [-0.39, 0.29) is 10.8 Å². The summed E-state index contributed by atoms with van der Waals surface area (Å²) in [6, 6.07) is 38.9. The number of benzene rings is 4. The normalized spacial score (nSPS) is 33.0. The maximum Gasteiger partial charge on any atom is 0.175 e. The van der Waals surface area contributed by atoms with E-state index in [0.717, 1.165) is 40.8 Å². The lowest BCUT2D eigenvalue weighted by atomic mass is 9.68. The van der Waals surface area contributed by atoms with E-state index in [2.05, 4.69) is 57.2 Å². The topological polar surface area (TPSA) is 64.6 Å². The average molecular weight is 705 g/mol. The Bertz CT molecular complexity index is 1750. The number of hydrogen-bond acceptors (Lipinski definition) is 7. The first-order chi connectivity index (χ1) is 25.3. The lowest BCUT2D eigenvalue weighted by molar-refractivity contribution is -0.259. The molecule has 52 heavy (non-hydrogen) atoms. The Morgan fingerprint density at radius 1 is 0.538 bits per heavy atom. The second-order valence-corrected chi connectivity index (χ2v) is 15.8. The maximum absolute atomic E-state index is 7.41. The van der Waals surface area contributed by atoms with Gasteiger partial charge in [-0.3, -0.25) is 0 Å². The molecule has 9 atom stereocenters. The number of hydrogen-bond donors (Lipinski definition) is 0. The van der Waals surface area contributed by atoms with Gasteiger partial charge in [0.2, 0.25) is 0 Å². The number of fused-ring (bicyclic) bond motifs is 4. The zero-order chi connectivity index (χ0) is 35.8. The van der Waals surface area contributed by atoms with Gasteiger partial charge in [-0.2, -0.15) is 0 Å². The van der Waals surface area contributed by atoms with Crippen molar-refractivity contribution in [2.45, 2.75) is 109 Å². The summed E-state index contributed by atoms with van der Waals surface area (Å²) in [7, 11) is 1.68. The second-order valence-electron chi connectivity index (χ2n) is 15.8. The van der Waals surface area contributed by atoms with Crippen molar-refractivity contribution in [1.82, 2.24) is 0 Å². The fourth-order valence-electron chi connectivity index (χ4n) is 9.37. The fraction of sp³-hybridized carbons (Fsp3) is 0.467. The quantitative estimate of drug-likeness (QED) is 0.138. The Labute approximate surface area is 308 Å². The molecule has 4 aliphatic rings. The van der Waals surface area contributed by atoms with E-state index in [1.807, 2.05) is 78.9 Å². The van der Waals surface area contributed by atoms with Crippen molar-refractivity contribution in [3.05, 3.63) is 138 Å². The second kappa shape index (κ2) is 14.7. The van der Waals surface area contributed by atoms with Gasteiger partial charge in [-0.15, -0.1) is 0 Å². The largest absolute Gasteiger partial charge is 0.497 e. The summed E-state index contributed by atoms with van der Waals surface area (Å²) in [5.41, 5.74) is 4.16. The van der Waals surface area contributed by atoms with Crippen molar-refractivity contribution >= 4 is 0 Å². The first-order valence-corrected chi connectivity index (χ1v) is 18.9. The van der Waals surface area contributed by atoms with Crippen LogP contribution in [0.1, 0.15) is 62.3 Å². The number of ether oxygens (including phenoxy) is 7. The van der Waals surface area contributed by atoms with Crippen molar-refractivity contribution in [2.24, 2.45) is 16.7 Å². The lowest BCUT2D eigenvalue weighted by Gasteiger charge is -2.46. The Balaban J connectivity index is 1.19. The van der Waals surface area contributed by atoms with Crippen LogP contribution in [0.15, 0.2) is 115 Å². The molecule has 0 aromatic heterocycles. The Morgan fingerprint density at radius 3 is 1.31 bits per heavy atom. The summed E-state index contributed by atoms with van der Waals surface area (Å²) in [5, 5.41) is 0. The summed E-state index contributed by atoms with van der Waals surface area (Å²) < 4.78 is 48.2. The molecule has 1 saturated heterocycles. The molecule has 7 heteroatoms. The molecule has 4 fully saturated rings. The number of methoxy groups -OCH3 is 1. The number of rotatable bonds is 13. The smallest absolute Gasteiger partial charge is 0.175 e. The van der Waals surface area contributed by atoms with Gasteiger partial charge in [0.25, 0.3) is 0 Å². The maximum atomic E-state index is 7.41. The van der Waals surface area contributed by atoms with Crippen LogP contribution in [0, 0.1) is 16.7 Å². The summed E-state index contributed by atoms with van der Waals surface area (Å²) in [6.07, 6.45) is 0.186. The summed E-state index contributed by atoms with van der Waals surface area (Å²) in [5.74, 6) is 0.555. The lowest BCUT2D eigenvalue weighted by Crippen LogP contribution is -2.65. The fourth-order valence-corrected chi connectivity index (χ4v) is 9.37. The van der Waals surface area contributed by atoms with Crippen LogP contribution in [0.3, 0.4) is 0 Å². The van der Waals surface area contributed by atoms with Crippen LogP contribution < -0.4 is 4.74 Å². The minimum Gasteiger partial charge on any atom is -0.497 e. The molecule has 1 aliphatic heterocycles. The highest BCUT2D eigenvalue weighted by atomic mass is 16.8. The van der Waals surface area contributed by atoms with Crippen LogP contribution in [0.25, 0.3) is 0 Å².